The van der Waals surface area contributed by atoms with Crippen LogP contribution in [0.15, 0.2) is 96.1 Å². The van der Waals surface area contributed by atoms with E-state index >= 15 is 0 Å². The molecular formula is C48H61Cl2SiZr. The van der Waals surface area contributed by atoms with Gasteiger partial charge in [0.1, 0.15) is 0 Å². The molecule has 0 bridgehead atoms. The first kappa shape index (κ1) is 39.7. The monoisotopic (exact) mass is 825 g/mol. The van der Waals surface area contributed by atoms with Gasteiger partial charge in [-0.2, -0.15) is 0 Å². The van der Waals surface area contributed by atoms with Crippen LogP contribution in [0, 0.1) is 11.8 Å². The minimum absolute atomic E-state index is 0.116. The molecule has 2 aliphatic rings. The maximum absolute atomic E-state index is 8.95. The van der Waals surface area contributed by atoms with E-state index in [0.29, 0.717) is 11.8 Å². The third-order valence-electron chi connectivity index (χ3n) is 12.0. The van der Waals surface area contributed by atoms with Crippen molar-refractivity contribution in [1.29, 1.82) is 0 Å². The zero-order valence-electron chi connectivity index (χ0n) is 33.0. The summed E-state index contributed by atoms with van der Waals surface area (Å²) in [5, 5.41) is 0. The third kappa shape index (κ3) is 7.38. The second-order valence-corrected chi connectivity index (χ2v) is 59.5. The predicted octanol–water partition coefficient (Wildman–Crippen LogP) is 15.4. The van der Waals surface area contributed by atoms with Gasteiger partial charge in [0.2, 0.25) is 0 Å². The van der Waals surface area contributed by atoms with E-state index < -0.39 is 21.5 Å². The van der Waals surface area contributed by atoms with E-state index in [1.54, 1.807) is 0 Å². The van der Waals surface area contributed by atoms with Crippen molar-refractivity contribution in [3.63, 3.8) is 0 Å². The van der Waals surface area contributed by atoms with Gasteiger partial charge < -0.3 is 0 Å². The van der Waals surface area contributed by atoms with Gasteiger partial charge in [-0.05, 0) is 0 Å². The fraction of sp³-hybridized carbons (Fsp3) is 0.417. The Balaban J connectivity index is 1.65. The van der Waals surface area contributed by atoms with Crippen LogP contribution in [0.25, 0.3) is 34.4 Å². The maximum atomic E-state index is 8.95. The Hall–Kier alpha value is -1.96. The molecule has 0 nitrogen and oxygen atoms in total. The predicted molar refractivity (Wildman–Crippen MR) is 232 cm³/mol. The van der Waals surface area contributed by atoms with E-state index in [9.17, 15) is 0 Å². The van der Waals surface area contributed by atoms with Gasteiger partial charge in [-0.3, -0.25) is 0 Å². The van der Waals surface area contributed by atoms with Gasteiger partial charge in [-0.15, -0.1) is 0 Å². The first-order chi connectivity index (χ1) is 24.9. The van der Waals surface area contributed by atoms with Crippen LogP contribution in [0.1, 0.15) is 121 Å². The molecule has 0 saturated heterocycles. The zero-order valence-corrected chi connectivity index (χ0v) is 38.2. The molecule has 4 heteroatoms. The summed E-state index contributed by atoms with van der Waals surface area (Å²) < 4.78 is 0.232. The van der Waals surface area contributed by atoms with Crippen LogP contribution in [0.4, 0.5) is 0 Å². The topological polar surface area (TPSA) is 0 Å². The van der Waals surface area contributed by atoms with Crippen molar-refractivity contribution in [3.05, 3.63) is 129 Å². The molecule has 0 radical (unpaired) electrons. The molecule has 0 fully saturated rings. The molecule has 0 spiro atoms. The van der Waals surface area contributed by atoms with Crippen molar-refractivity contribution < 1.29 is 15.6 Å². The standard InChI is InChI=1S/2C23H27.C2H7Si.2ClH.Zr/c2*1-4-5-9-18-15-20-12-13-21(14-17(2)3)23(22(20)16-18)19-10-7-6-8-11-19;1-3-2;;;/h2*6-8,10-13,15-17H,4-5,9,14H2,1-3H3;3H,1-2H3;2*1H;/q;;;;;+2/p-2. The van der Waals surface area contributed by atoms with Crippen molar-refractivity contribution in [2.24, 2.45) is 11.8 Å². The van der Waals surface area contributed by atoms with Gasteiger partial charge in [0.15, 0.2) is 0 Å². The quantitative estimate of drug-likeness (QED) is 0.105. The van der Waals surface area contributed by atoms with Crippen molar-refractivity contribution in [2.75, 3.05) is 0 Å². The number of benzene rings is 4. The van der Waals surface area contributed by atoms with Crippen molar-refractivity contribution in [3.8, 4) is 22.3 Å². The minimum atomic E-state index is -4.94. The van der Waals surface area contributed by atoms with E-state index in [1.165, 1.54) is 66.8 Å². The second-order valence-electron chi connectivity index (χ2n) is 17.0. The molecule has 6 rings (SSSR count). The molecule has 0 saturated carbocycles. The van der Waals surface area contributed by atoms with Crippen LogP contribution in [-0.4, -0.2) is 5.92 Å². The number of fused-ring (bicyclic) bond motifs is 2. The zero-order chi connectivity index (χ0) is 37.2. The van der Waals surface area contributed by atoms with Crippen LogP contribution < -0.4 is 0 Å². The summed E-state index contributed by atoms with van der Waals surface area (Å²) in [5.41, 5.74) is 16.9. The van der Waals surface area contributed by atoms with E-state index in [4.69, 9.17) is 17.0 Å². The normalized spacial score (nSPS) is 17.7. The first-order valence-corrected chi connectivity index (χ1v) is 36.6. The number of hydrogen-bond donors (Lipinski definition) is 0. The van der Waals surface area contributed by atoms with Gasteiger partial charge in [-0.1, -0.05) is 0 Å². The summed E-state index contributed by atoms with van der Waals surface area (Å²) in [5.74, 6) is -0.545. The Kier molecular flexibility index (Phi) is 12.5. The van der Waals surface area contributed by atoms with Gasteiger partial charge >= 0.3 is 327 Å². The molecule has 52 heavy (non-hydrogen) atoms. The van der Waals surface area contributed by atoms with Crippen LogP contribution in [0.2, 0.25) is 13.1 Å². The fourth-order valence-electron chi connectivity index (χ4n) is 9.56. The molecule has 0 aliphatic heterocycles. The van der Waals surface area contributed by atoms with Crippen molar-refractivity contribution >= 4 is 35.1 Å². The molecule has 275 valence electrons. The molecule has 0 aromatic heterocycles. The second kappa shape index (κ2) is 16.4. The van der Waals surface area contributed by atoms with E-state index in [0.717, 1.165) is 51.4 Å². The van der Waals surface area contributed by atoms with Gasteiger partial charge in [0, 0.05) is 0 Å². The third-order valence-corrected chi connectivity index (χ3v) is 63.8. The Morgan fingerprint density at radius 3 is 1.29 bits per heavy atom. The molecule has 0 heterocycles. The number of rotatable bonds is 15. The summed E-state index contributed by atoms with van der Waals surface area (Å²) in [6, 6.07) is 32.1. The molecule has 2 atom stereocenters. The molecule has 2 unspecified atom stereocenters. The Morgan fingerprint density at radius 2 is 0.962 bits per heavy atom. The average molecular weight is 828 g/mol. The number of hydrogen-bond acceptors (Lipinski definition) is 0. The number of allylic oxidation sites excluding steroid dienone is 2. The molecule has 4 aromatic carbocycles. The molecular weight excluding hydrogens is 767 g/mol. The average Bonchev–Trinajstić information content (AvgIpc) is 3.69. The molecule has 0 amide bonds. The van der Waals surface area contributed by atoms with E-state index in [2.05, 4.69) is 152 Å². The van der Waals surface area contributed by atoms with Crippen LogP contribution in [-0.2, 0) is 28.4 Å². The number of halogens is 2. The van der Waals surface area contributed by atoms with Crippen molar-refractivity contribution in [2.45, 2.75) is 113 Å². The van der Waals surface area contributed by atoms with Crippen LogP contribution in [0.3, 0.4) is 0 Å². The Morgan fingerprint density at radius 1 is 0.577 bits per heavy atom. The van der Waals surface area contributed by atoms with Crippen molar-refractivity contribution in [1.82, 2.24) is 0 Å². The summed E-state index contributed by atoms with van der Waals surface area (Å²) in [7, 11) is 17.9. The molecule has 4 aromatic rings. The molecule has 2 aliphatic carbocycles. The van der Waals surface area contributed by atoms with E-state index in [1.807, 2.05) is 0 Å². The van der Waals surface area contributed by atoms with Gasteiger partial charge in [-0.25, -0.2) is 0 Å². The van der Waals surface area contributed by atoms with Gasteiger partial charge in [0.25, 0.3) is 0 Å². The fourth-order valence-corrected chi connectivity index (χ4v) is 41.1. The number of unbranched alkanes of at least 4 members (excludes halogenated alkanes) is 2. The SMILES string of the molecule is CCCCC1=Cc2c(ccc(CC(C)C)c2-c2ccccc2)[CH]1[Zr]([Cl])([Cl])([CH]1C(CCCC)=Cc2c1ccc(CC(C)C)c2-c1ccccc1)[SiH](C)C. The summed E-state index contributed by atoms with van der Waals surface area (Å²) in [6.07, 6.45) is 14.0. The Bertz CT molecular complexity index is 1800. The summed E-state index contributed by atoms with van der Waals surface area (Å²) in [4.78, 5) is 0. The summed E-state index contributed by atoms with van der Waals surface area (Å²) in [6.45, 7) is 19.0. The van der Waals surface area contributed by atoms with E-state index in [-0.39, 0.29) is 7.25 Å². The van der Waals surface area contributed by atoms with Crippen LogP contribution >= 0.6 is 17.0 Å². The summed E-state index contributed by atoms with van der Waals surface area (Å²) >= 11 is -4.94. The molecule has 0 N–H and O–H groups in total. The Labute approximate surface area is 324 Å². The van der Waals surface area contributed by atoms with Gasteiger partial charge in [0.05, 0.1) is 0 Å². The first-order valence-electron chi connectivity index (χ1n) is 20.3. The van der Waals surface area contributed by atoms with Crippen LogP contribution in [0.5, 0.6) is 0 Å².